The van der Waals surface area contributed by atoms with Gasteiger partial charge in [0.1, 0.15) is 0 Å². The molecule has 3 nitrogen and oxygen atoms in total. The molecule has 1 atom stereocenters. The maximum absolute atomic E-state index is 10.6. The second-order valence-electron chi connectivity index (χ2n) is 5.82. The quantitative estimate of drug-likeness (QED) is 0.913. The SMILES string of the molecule is CC1(C(O)c2cnn(-c3ccccc3)c2)CCCC1. The second-order valence-corrected chi connectivity index (χ2v) is 5.82. The molecule has 0 aliphatic heterocycles. The number of hydrogen-bond acceptors (Lipinski definition) is 2. The third-order valence-electron chi connectivity index (χ3n) is 4.34. The number of aliphatic hydroxyl groups excluding tert-OH is 1. The maximum atomic E-state index is 10.6. The summed E-state index contributed by atoms with van der Waals surface area (Å²) in [4.78, 5) is 0. The van der Waals surface area contributed by atoms with Gasteiger partial charge >= 0.3 is 0 Å². The number of benzene rings is 1. The van der Waals surface area contributed by atoms with E-state index in [2.05, 4.69) is 12.0 Å². The molecule has 1 heterocycles. The van der Waals surface area contributed by atoms with Crippen LogP contribution in [-0.2, 0) is 0 Å². The topological polar surface area (TPSA) is 38.1 Å². The van der Waals surface area contributed by atoms with E-state index in [1.807, 2.05) is 41.2 Å². The Balaban J connectivity index is 1.85. The minimum absolute atomic E-state index is 0.0184. The Kier molecular flexibility index (Phi) is 3.15. The fourth-order valence-corrected chi connectivity index (χ4v) is 3.06. The number of rotatable bonds is 3. The highest BCUT2D eigenvalue weighted by atomic mass is 16.3. The first-order valence-electron chi connectivity index (χ1n) is 6.97. The van der Waals surface area contributed by atoms with Crippen LogP contribution in [-0.4, -0.2) is 14.9 Å². The van der Waals surface area contributed by atoms with Gasteiger partial charge in [-0.3, -0.25) is 0 Å². The molecule has 1 unspecified atom stereocenters. The fraction of sp³-hybridized carbons (Fsp3) is 0.438. The largest absolute Gasteiger partial charge is 0.388 e. The van der Waals surface area contributed by atoms with E-state index >= 15 is 0 Å². The van der Waals surface area contributed by atoms with E-state index in [1.54, 1.807) is 6.20 Å². The Labute approximate surface area is 113 Å². The van der Waals surface area contributed by atoms with Crippen molar-refractivity contribution in [2.75, 3.05) is 0 Å². The van der Waals surface area contributed by atoms with Crippen molar-refractivity contribution in [2.45, 2.75) is 38.7 Å². The number of hydrogen-bond donors (Lipinski definition) is 1. The summed E-state index contributed by atoms with van der Waals surface area (Å²) in [6.07, 6.45) is 7.98. The lowest BCUT2D eigenvalue weighted by atomic mass is 9.80. The Morgan fingerprint density at radius 1 is 1.21 bits per heavy atom. The van der Waals surface area contributed by atoms with E-state index in [4.69, 9.17) is 0 Å². The van der Waals surface area contributed by atoms with Gasteiger partial charge in [-0.2, -0.15) is 5.10 Å². The van der Waals surface area contributed by atoms with Crippen molar-refractivity contribution in [3.05, 3.63) is 48.3 Å². The number of aliphatic hydroxyl groups is 1. The van der Waals surface area contributed by atoms with Crippen LogP contribution in [0.1, 0.15) is 44.3 Å². The van der Waals surface area contributed by atoms with Crippen LogP contribution in [0.5, 0.6) is 0 Å². The zero-order valence-electron chi connectivity index (χ0n) is 11.3. The van der Waals surface area contributed by atoms with E-state index in [0.717, 1.165) is 24.1 Å². The molecule has 1 saturated carbocycles. The molecule has 3 rings (SSSR count). The van der Waals surface area contributed by atoms with Gasteiger partial charge in [0.15, 0.2) is 0 Å². The maximum Gasteiger partial charge on any atom is 0.0874 e. The predicted molar refractivity (Wildman–Crippen MR) is 75.1 cm³/mol. The lowest BCUT2D eigenvalue weighted by Crippen LogP contribution is -2.21. The van der Waals surface area contributed by atoms with Gasteiger partial charge in [0.2, 0.25) is 0 Å². The standard InChI is InChI=1S/C16H20N2O/c1-16(9-5-6-10-16)15(19)13-11-17-18(12-13)14-7-3-2-4-8-14/h2-4,7-8,11-12,15,19H,5-6,9-10H2,1H3. The lowest BCUT2D eigenvalue weighted by Gasteiger charge is -2.29. The van der Waals surface area contributed by atoms with Crippen molar-refractivity contribution in [1.29, 1.82) is 0 Å². The monoisotopic (exact) mass is 256 g/mol. The molecule has 3 heteroatoms. The normalized spacial score (nSPS) is 19.5. The predicted octanol–water partition coefficient (Wildman–Crippen LogP) is 3.49. The Morgan fingerprint density at radius 3 is 2.58 bits per heavy atom. The summed E-state index contributed by atoms with van der Waals surface area (Å²) in [5.74, 6) is 0. The summed E-state index contributed by atoms with van der Waals surface area (Å²) >= 11 is 0. The molecule has 1 fully saturated rings. The zero-order chi connectivity index (χ0) is 13.3. The third kappa shape index (κ3) is 2.30. The van der Waals surface area contributed by atoms with Crippen molar-refractivity contribution in [3.8, 4) is 5.69 Å². The summed E-state index contributed by atoms with van der Waals surface area (Å²) in [5.41, 5.74) is 1.97. The van der Waals surface area contributed by atoms with E-state index in [9.17, 15) is 5.11 Å². The van der Waals surface area contributed by atoms with Crippen LogP contribution in [0.25, 0.3) is 5.69 Å². The summed E-state index contributed by atoms with van der Waals surface area (Å²) < 4.78 is 1.83. The first kappa shape index (κ1) is 12.4. The molecule has 100 valence electrons. The molecular weight excluding hydrogens is 236 g/mol. The molecule has 1 aromatic heterocycles. The number of nitrogens with zero attached hydrogens (tertiary/aromatic N) is 2. The third-order valence-corrected chi connectivity index (χ3v) is 4.34. The van der Waals surface area contributed by atoms with Gasteiger partial charge in [-0.05, 0) is 30.4 Å². The molecule has 1 aliphatic rings. The van der Waals surface area contributed by atoms with Gasteiger partial charge < -0.3 is 5.11 Å². The van der Waals surface area contributed by atoms with E-state index < -0.39 is 6.10 Å². The minimum atomic E-state index is -0.410. The van der Waals surface area contributed by atoms with Crippen LogP contribution in [0.2, 0.25) is 0 Å². The molecule has 0 bridgehead atoms. The average molecular weight is 256 g/mol. The van der Waals surface area contributed by atoms with Crippen LogP contribution < -0.4 is 0 Å². The summed E-state index contributed by atoms with van der Waals surface area (Å²) in [7, 11) is 0. The number of para-hydroxylation sites is 1. The molecule has 2 aromatic rings. The van der Waals surface area contributed by atoms with Gasteiger partial charge in [0.25, 0.3) is 0 Å². The molecule has 19 heavy (non-hydrogen) atoms. The van der Waals surface area contributed by atoms with E-state index in [-0.39, 0.29) is 5.41 Å². The molecular formula is C16H20N2O. The highest BCUT2D eigenvalue weighted by molar-refractivity contribution is 5.31. The molecule has 1 aliphatic carbocycles. The summed E-state index contributed by atoms with van der Waals surface area (Å²) in [6.45, 7) is 2.19. The molecule has 1 N–H and O–H groups in total. The summed E-state index contributed by atoms with van der Waals surface area (Å²) in [6, 6.07) is 10.0. The van der Waals surface area contributed by atoms with Gasteiger partial charge in [0.05, 0.1) is 18.0 Å². The van der Waals surface area contributed by atoms with Crippen LogP contribution in [0, 0.1) is 5.41 Å². The lowest BCUT2D eigenvalue weighted by molar-refractivity contribution is 0.0408. The molecule has 0 radical (unpaired) electrons. The van der Waals surface area contributed by atoms with Crippen LogP contribution in [0.3, 0.4) is 0 Å². The zero-order valence-corrected chi connectivity index (χ0v) is 11.3. The van der Waals surface area contributed by atoms with Crippen molar-refractivity contribution in [2.24, 2.45) is 5.41 Å². The van der Waals surface area contributed by atoms with Gasteiger partial charge in [-0.15, -0.1) is 0 Å². The Morgan fingerprint density at radius 2 is 1.89 bits per heavy atom. The summed E-state index contributed by atoms with van der Waals surface area (Å²) in [5, 5.41) is 15.0. The van der Waals surface area contributed by atoms with Gasteiger partial charge in [0, 0.05) is 11.8 Å². The highest BCUT2D eigenvalue weighted by Crippen LogP contribution is 2.47. The molecule has 0 saturated heterocycles. The van der Waals surface area contributed by atoms with E-state index in [0.29, 0.717) is 0 Å². The Hall–Kier alpha value is -1.61. The van der Waals surface area contributed by atoms with Gasteiger partial charge in [-0.25, -0.2) is 4.68 Å². The van der Waals surface area contributed by atoms with Crippen LogP contribution in [0.4, 0.5) is 0 Å². The first-order valence-corrected chi connectivity index (χ1v) is 6.97. The second kappa shape index (κ2) is 4.82. The Bertz CT molecular complexity index is 541. The van der Waals surface area contributed by atoms with Gasteiger partial charge in [-0.1, -0.05) is 38.0 Å². The van der Waals surface area contributed by atoms with Crippen LogP contribution in [0.15, 0.2) is 42.7 Å². The highest BCUT2D eigenvalue weighted by Gasteiger charge is 2.37. The average Bonchev–Trinajstić information content (AvgIpc) is 3.09. The molecule has 1 aromatic carbocycles. The first-order chi connectivity index (χ1) is 9.19. The number of aromatic nitrogens is 2. The van der Waals surface area contributed by atoms with Crippen LogP contribution >= 0.6 is 0 Å². The minimum Gasteiger partial charge on any atom is -0.388 e. The molecule has 0 spiro atoms. The smallest absolute Gasteiger partial charge is 0.0874 e. The van der Waals surface area contributed by atoms with Crippen molar-refractivity contribution in [1.82, 2.24) is 9.78 Å². The molecule has 0 amide bonds. The van der Waals surface area contributed by atoms with Crippen molar-refractivity contribution >= 4 is 0 Å². The fourth-order valence-electron chi connectivity index (χ4n) is 3.06. The van der Waals surface area contributed by atoms with Crippen molar-refractivity contribution in [3.63, 3.8) is 0 Å². The van der Waals surface area contributed by atoms with Crippen molar-refractivity contribution < 1.29 is 5.11 Å². The van der Waals surface area contributed by atoms with E-state index in [1.165, 1.54) is 12.8 Å².